The number of aromatic nitrogens is 2. The molecule has 7 nitrogen and oxygen atoms in total. The third kappa shape index (κ3) is 3.06. The molecule has 24 heavy (non-hydrogen) atoms. The third-order valence-corrected chi connectivity index (χ3v) is 4.54. The van der Waals surface area contributed by atoms with E-state index in [1.807, 2.05) is 18.7 Å². The van der Waals surface area contributed by atoms with Gasteiger partial charge in [0.2, 0.25) is 5.91 Å². The molecule has 0 aliphatic carbocycles. The highest BCUT2D eigenvalue weighted by Gasteiger charge is 2.29. The van der Waals surface area contributed by atoms with Crippen LogP contribution in [0.5, 0.6) is 0 Å². The first kappa shape index (κ1) is 16.3. The zero-order valence-electron chi connectivity index (χ0n) is 13.9. The maximum Gasteiger partial charge on any atom is 0.290 e. The molecule has 1 aliphatic heterocycles. The minimum Gasteiger partial charge on any atom is -0.463 e. The van der Waals surface area contributed by atoms with Crippen molar-refractivity contribution in [3.63, 3.8) is 0 Å². The van der Waals surface area contributed by atoms with Crippen molar-refractivity contribution >= 4 is 11.6 Å². The number of hydrogen-bond acceptors (Lipinski definition) is 5. The summed E-state index contributed by atoms with van der Waals surface area (Å²) in [5, 5.41) is 4.24. The predicted octanol–water partition coefficient (Wildman–Crippen LogP) is 1.88. The van der Waals surface area contributed by atoms with Crippen molar-refractivity contribution in [3.8, 4) is 11.5 Å². The number of anilines is 1. The number of furan rings is 1. The number of likely N-dealkylation sites (tertiary alicyclic amines) is 1. The average Bonchev–Trinajstić information content (AvgIpc) is 3.06. The van der Waals surface area contributed by atoms with Gasteiger partial charge in [0, 0.05) is 12.1 Å². The quantitative estimate of drug-likeness (QED) is 0.927. The fourth-order valence-electron chi connectivity index (χ4n) is 3.34. The van der Waals surface area contributed by atoms with Gasteiger partial charge in [-0.15, -0.1) is 0 Å². The number of piperidine rings is 1. The Morgan fingerprint density at radius 3 is 2.71 bits per heavy atom. The molecule has 0 saturated carbocycles. The van der Waals surface area contributed by atoms with Crippen molar-refractivity contribution in [1.29, 1.82) is 0 Å². The van der Waals surface area contributed by atoms with E-state index >= 15 is 0 Å². The van der Waals surface area contributed by atoms with Gasteiger partial charge in [-0.1, -0.05) is 0 Å². The lowest BCUT2D eigenvalue weighted by Gasteiger charge is -2.39. The van der Waals surface area contributed by atoms with Crippen molar-refractivity contribution in [2.24, 2.45) is 0 Å². The summed E-state index contributed by atoms with van der Waals surface area (Å²) in [5.74, 6) is 0.392. The maximum atomic E-state index is 12.7. The van der Waals surface area contributed by atoms with Gasteiger partial charge in [-0.05, 0) is 51.3 Å². The molecule has 2 aromatic heterocycles. The van der Waals surface area contributed by atoms with Crippen LogP contribution in [0, 0.1) is 0 Å². The minimum absolute atomic E-state index is 0.0453. The zero-order chi connectivity index (χ0) is 17.3. The van der Waals surface area contributed by atoms with Gasteiger partial charge >= 0.3 is 0 Å². The molecule has 128 valence electrons. The maximum absolute atomic E-state index is 12.7. The van der Waals surface area contributed by atoms with Crippen LogP contribution in [0.4, 0.5) is 5.69 Å². The Kier molecular flexibility index (Phi) is 4.42. The summed E-state index contributed by atoms with van der Waals surface area (Å²) in [6.07, 6.45) is 4.59. The lowest BCUT2D eigenvalue weighted by Crippen LogP contribution is -2.49. The van der Waals surface area contributed by atoms with Crippen LogP contribution in [0.1, 0.15) is 33.1 Å². The first-order valence-electron chi connectivity index (χ1n) is 8.20. The highest BCUT2D eigenvalue weighted by Crippen LogP contribution is 2.23. The SMILES string of the molecule is C[C@H]1CCC[C@H](C)N1C(=O)Cn1nc(-c2ccco2)cc(N)c1=O. The molecule has 1 saturated heterocycles. The van der Waals surface area contributed by atoms with E-state index in [1.165, 1.54) is 12.3 Å². The van der Waals surface area contributed by atoms with Gasteiger partial charge in [0.1, 0.15) is 17.9 Å². The number of nitrogens with zero attached hydrogens (tertiary/aromatic N) is 3. The summed E-state index contributed by atoms with van der Waals surface area (Å²) in [6, 6.07) is 5.26. The molecule has 0 spiro atoms. The molecular formula is C17H22N4O3. The van der Waals surface area contributed by atoms with E-state index in [-0.39, 0.29) is 30.2 Å². The predicted molar refractivity (Wildman–Crippen MR) is 90.2 cm³/mol. The fourth-order valence-corrected chi connectivity index (χ4v) is 3.34. The molecule has 2 aromatic rings. The van der Waals surface area contributed by atoms with Crippen LogP contribution in [0.3, 0.4) is 0 Å². The number of nitrogens with two attached hydrogens (primary N) is 1. The Bertz CT molecular complexity index is 772. The molecule has 2 N–H and O–H groups in total. The van der Waals surface area contributed by atoms with Gasteiger partial charge in [-0.3, -0.25) is 9.59 Å². The number of carbonyl (C=O) groups is 1. The second kappa shape index (κ2) is 6.51. The van der Waals surface area contributed by atoms with Gasteiger partial charge in [0.25, 0.3) is 5.56 Å². The highest BCUT2D eigenvalue weighted by molar-refractivity contribution is 5.77. The molecule has 7 heteroatoms. The summed E-state index contributed by atoms with van der Waals surface area (Å²) >= 11 is 0. The monoisotopic (exact) mass is 330 g/mol. The summed E-state index contributed by atoms with van der Waals surface area (Å²) in [5.41, 5.74) is 5.81. The standard InChI is InChI=1S/C17H22N4O3/c1-11-5-3-6-12(2)21(11)16(22)10-20-17(23)13(18)9-14(19-20)15-7-4-8-24-15/h4,7-9,11-12H,3,5-6,10,18H2,1-2H3/t11-,12-/m0/s1. The Morgan fingerprint density at radius 1 is 1.38 bits per heavy atom. The Labute approximate surface area is 140 Å². The molecule has 1 fully saturated rings. The van der Waals surface area contributed by atoms with Gasteiger partial charge in [0.05, 0.1) is 6.26 Å². The Morgan fingerprint density at radius 2 is 2.08 bits per heavy atom. The molecule has 1 aliphatic rings. The lowest BCUT2D eigenvalue weighted by molar-refractivity contribution is -0.138. The molecule has 3 heterocycles. The van der Waals surface area contributed by atoms with Gasteiger partial charge < -0.3 is 15.1 Å². The van der Waals surface area contributed by atoms with E-state index in [0.29, 0.717) is 11.5 Å². The zero-order valence-corrected chi connectivity index (χ0v) is 13.9. The molecular weight excluding hydrogens is 308 g/mol. The van der Waals surface area contributed by atoms with Crippen molar-refractivity contribution in [1.82, 2.24) is 14.7 Å². The van der Waals surface area contributed by atoms with Crippen molar-refractivity contribution < 1.29 is 9.21 Å². The van der Waals surface area contributed by atoms with Crippen molar-refractivity contribution in [3.05, 3.63) is 34.8 Å². The molecule has 0 radical (unpaired) electrons. The molecule has 0 aromatic carbocycles. The smallest absolute Gasteiger partial charge is 0.290 e. The lowest BCUT2D eigenvalue weighted by atomic mass is 9.97. The van der Waals surface area contributed by atoms with Crippen molar-refractivity contribution in [2.45, 2.75) is 51.7 Å². The van der Waals surface area contributed by atoms with Crippen LogP contribution in [0.2, 0.25) is 0 Å². The Balaban J connectivity index is 1.89. The van der Waals surface area contributed by atoms with E-state index in [2.05, 4.69) is 5.10 Å². The second-order valence-corrected chi connectivity index (χ2v) is 6.35. The highest BCUT2D eigenvalue weighted by atomic mass is 16.3. The Hall–Kier alpha value is -2.57. The molecule has 0 unspecified atom stereocenters. The first-order chi connectivity index (χ1) is 11.5. The second-order valence-electron chi connectivity index (χ2n) is 6.35. The summed E-state index contributed by atoms with van der Waals surface area (Å²) in [4.78, 5) is 26.8. The van der Waals surface area contributed by atoms with E-state index < -0.39 is 5.56 Å². The fraction of sp³-hybridized carbons (Fsp3) is 0.471. The number of rotatable bonds is 3. The summed E-state index contributed by atoms with van der Waals surface area (Å²) in [7, 11) is 0. The van der Waals surface area contributed by atoms with E-state index in [1.54, 1.807) is 12.1 Å². The van der Waals surface area contributed by atoms with E-state index in [0.717, 1.165) is 23.9 Å². The van der Waals surface area contributed by atoms with E-state index in [9.17, 15) is 9.59 Å². The summed E-state index contributed by atoms with van der Waals surface area (Å²) in [6.45, 7) is 3.96. The van der Waals surface area contributed by atoms with Crippen molar-refractivity contribution in [2.75, 3.05) is 5.73 Å². The van der Waals surface area contributed by atoms with Crippen LogP contribution in [0.25, 0.3) is 11.5 Å². The molecule has 3 rings (SSSR count). The minimum atomic E-state index is -0.462. The van der Waals surface area contributed by atoms with Crippen LogP contribution in [-0.2, 0) is 11.3 Å². The van der Waals surface area contributed by atoms with Crippen LogP contribution in [0.15, 0.2) is 33.7 Å². The van der Waals surface area contributed by atoms with Gasteiger partial charge in [0.15, 0.2) is 5.76 Å². The number of hydrogen-bond donors (Lipinski definition) is 1. The number of amides is 1. The molecule has 0 bridgehead atoms. The molecule has 1 amide bonds. The third-order valence-electron chi connectivity index (χ3n) is 4.54. The molecule has 2 atom stereocenters. The van der Waals surface area contributed by atoms with E-state index in [4.69, 9.17) is 10.2 Å². The first-order valence-corrected chi connectivity index (χ1v) is 8.20. The van der Waals surface area contributed by atoms with Gasteiger partial charge in [-0.2, -0.15) is 5.10 Å². The summed E-state index contributed by atoms with van der Waals surface area (Å²) < 4.78 is 6.42. The number of nitrogen functional groups attached to an aromatic ring is 1. The van der Waals surface area contributed by atoms with Crippen LogP contribution in [-0.4, -0.2) is 32.7 Å². The average molecular weight is 330 g/mol. The largest absolute Gasteiger partial charge is 0.463 e. The van der Waals surface area contributed by atoms with Crippen LogP contribution >= 0.6 is 0 Å². The normalized spacial score (nSPS) is 21.0. The topological polar surface area (TPSA) is 94.4 Å². The number of carbonyl (C=O) groups excluding carboxylic acids is 1. The van der Waals surface area contributed by atoms with Gasteiger partial charge in [-0.25, -0.2) is 4.68 Å². The van der Waals surface area contributed by atoms with Crippen LogP contribution < -0.4 is 11.3 Å².